The summed E-state index contributed by atoms with van der Waals surface area (Å²) in [4.78, 5) is 4.85. The average molecular weight is 777 g/mol. The Morgan fingerprint density at radius 3 is 1.16 bits per heavy atom. The zero-order valence-electron chi connectivity index (χ0n) is 33.5. The number of rotatable bonds is 7. The molecule has 2 aliphatic rings. The van der Waals surface area contributed by atoms with Crippen molar-refractivity contribution in [3.05, 3.63) is 265 Å². The van der Waals surface area contributed by atoms with Crippen molar-refractivity contribution in [1.29, 1.82) is 0 Å². The van der Waals surface area contributed by atoms with E-state index in [4.69, 9.17) is 0 Å². The second kappa shape index (κ2) is 14.1. The first-order chi connectivity index (χ1) is 30.3. The van der Waals surface area contributed by atoms with E-state index in [1.165, 1.54) is 66.4 Å². The van der Waals surface area contributed by atoms with Gasteiger partial charge in [-0.1, -0.05) is 170 Å². The molecule has 10 aromatic carbocycles. The molecular weight excluding hydrogens is 737 g/mol. The molecule has 0 N–H and O–H groups in total. The van der Waals surface area contributed by atoms with Gasteiger partial charge in [0.15, 0.2) is 0 Å². The number of fused-ring (bicyclic) bond motifs is 11. The van der Waals surface area contributed by atoms with Gasteiger partial charge < -0.3 is 9.80 Å². The summed E-state index contributed by atoms with van der Waals surface area (Å²) in [6.07, 6.45) is 0. The monoisotopic (exact) mass is 776 g/mol. The average Bonchev–Trinajstić information content (AvgIpc) is 3.79. The van der Waals surface area contributed by atoms with Crippen LogP contribution in [0.5, 0.6) is 0 Å². The van der Waals surface area contributed by atoms with Crippen molar-refractivity contribution in [2.75, 3.05) is 9.80 Å². The van der Waals surface area contributed by atoms with Crippen LogP contribution in [-0.4, -0.2) is 0 Å². The Bertz CT molecular complexity index is 3200. The Balaban J connectivity index is 1.14. The van der Waals surface area contributed by atoms with E-state index in [9.17, 15) is 0 Å². The summed E-state index contributed by atoms with van der Waals surface area (Å²) >= 11 is 0. The number of hydrogen-bond acceptors (Lipinski definition) is 2. The maximum Gasteiger partial charge on any atom is 0.0727 e. The Morgan fingerprint density at radius 2 is 0.639 bits per heavy atom. The molecule has 0 aliphatic heterocycles. The molecule has 1 unspecified atom stereocenters. The van der Waals surface area contributed by atoms with E-state index in [0.717, 1.165) is 34.1 Å². The minimum Gasteiger partial charge on any atom is -0.310 e. The first-order valence-corrected chi connectivity index (χ1v) is 21.1. The summed E-state index contributed by atoms with van der Waals surface area (Å²) in [5.74, 6) is 0. The van der Waals surface area contributed by atoms with Gasteiger partial charge in [-0.2, -0.15) is 0 Å². The lowest BCUT2D eigenvalue weighted by molar-refractivity contribution is 0.793. The van der Waals surface area contributed by atoms with Crippen LogP contribution in [0.1, 0.15) is 22.3 Å². The van der Waals surface area contributed by atoms with Gasteiger partial charge in [-0.3, -0.25) is 0 Å². The van der Waals surface area contributed by atoms with E-state index >= 15 is 0 Å². The molecule has 0 saturated heterocycles. The van der Waals surface area contributed by atoms with Crippen LogP contribution in [0.3, 0.4) is 0 Å². The topological polar surface area (TPSA) is 6.48 Å². The largest absolute Gasteiger partial charge is 0.310 e. The highest BCUT2D eigenvalue weighted by Gasteiger charge is 2.52. The summed E-state index contributed by atoms with van der Waals surface area (Å²) in [6, 6.07) is 89.1. The third-order valence-electron chi connectivity index (χ3n) is 12.8. The second-order valence-electron chi connectivity index (χ2n) is 16.1. The Hall–Kier alpha value is -7.94. The third-order valence-corrected chi connectivity index (χ3v) is 12.8. The van der Waals surface area contributed by atoms with Crippen LogP contribution in [0.25, 0.3) is 44.2 Å². The lowest BCUT2D eigenvalue weighted by atomic mass is 9.70. The maximum absolute atomic E-state index is 2.50. The SMILES string of the molecule is c1ccc(-c2cc3ccccc3cc2N(c2ccccc2)c2ccc3c(c2)C2(c4ccccc4-c4ccc(N(c5ccccc5)c5ccccc5)cc42)c2ccccc2-3)cc1. The predicted octanol–water partition coefficient (Wildman–Crippen LogP) is 15.8. The minimum absolute atomic E-state index is 0.559. The highest BCUT2D eigenvalue weighted by atomic mass is 15.1. The molecule has 286 valence electrons. The van der Waals surface area contributed by atoms with Crippen LogP contribution in [-0.2, 0) is 5.41 Å². The number of para-hydroxylation sites is 3. The molecule has 0 heterocycles. The number of anilines is 6. The van der Waals surface area contributed by atoms with Gasteiger partial charge in [0.1, 0.15) is 0 Å². The van der Waals surface area contributed by atoms with Crippen LogP contribution >= 0.6 is 0 Å². The number of benzene rings is 10. The van der Waals surface area contributed by atoms with E-state index in [1.807, 2.05) is 0 Å². The van der Waals surface area contributed by atoms with Gasteiger partial charge in [0.05, 0.1) is 11.1 Å². The predicted molar refractivity (Wildman–Crippen MR) is 255 cm³/mol. The van der Waals surface area contributed by atoms with Crippen molar-refractivity contribution in [1.82, 2.24) is 0 Å². The summed E-state index contributed by atoms with van der Waals surface area (Å²) in [5, 5.41) is 2.42. The highest BCUT2D eigenvalue weighted by molar-refractivity contribution is 6.01. The van der Waals surface area contributed by atoms with Crippen LogP contribution < -0.4 is 9.80 Å². The van der Waals surface area contributed by atoms with E-state index in [0.29, 0.717) is 0 Å². The lowest BCUT2D eigenvalue weighted by Gasteiger charge is -2.33. The van der Waals surface area contributed by atoms with Crippen molar-refractivity contribution in [2.45, 2.75) is 5.41 Å². The molecule has 0 fully saturated rings. The normalized spacial score (nSPS) is 14.3. The molecule has 1 atom stereocenters. The summed E-state index contributed by atoms with van der Waals surface area (Å²) in [5.41, 5.74) is 18.9. The number of nitrogens with zero attached hydrogens (tertiary/aromatic N) is 2. The first kappa shape index (κ1) is 35.0. The van der Waals surface area contributed by atoms with Crippen LogP contribution in [0.15, 0.2) is 243 Å². The van der Waals surface area contributed by atoms with Crippen molar-refractivity contribution in [2.24, 2.45) is 0 Å². The standard InChI is InChI=1S/C59H40N2/c1-5-19-41(20-6-1)53-37-42-21-13-14-22-43(42)38-58(53)61(46-27-11-4-12-28-46)48-34-36-52-50-30-16-18-32-55(50)59(57(52)40-48)54-31-17-15-29-49(54)51-35-33-47(39-56(51)59)60(44-23-7-2-8-24-44)45-25-9-3-10-26-45/h1-40H. The van der Waals surface area contributed by atoms with E-state index in [2.05, 4.69) is 252 Å². The van der Waals surface area contributed by atoms with E-state index < -0.39 is 5.41 Å². The van der Waals surface area contributed by atoms with Gasteiger partial charge in [0.2, 0.25) is 0 Å². The van der Waals surface area contributed by atoms with Gasteiger partial charge in [-0.05, 0) is 134 Å². The molecule has 10 aromatic rings. The third kappa shape index (κ3) is 5.43. The molecule has 2 aliphatic carbocycles. The van der Waals surface area contributed by atoms with Gasteiger partial charge in [0, 0.05) is 34.0 Å². The molecule has 0 saturated carbocycles. The van der Waals surface area contributed by atoms with Crippen LogP contribution in [0.4, 0.5) is 34.1 Å². The summed E-state index contributed by atoms with van der Waals surface area (Å²) in [7, 11) is 0. The van der Waals surface area contributed by atoms with Crippen molar-refractivity contribution < 1.29 is 0 Å². The lowest BCUT2D eigenvalue weighted by Crippen LogP contribution is -2.26. The fourth-order valence-corrected chi connectivity index (χ4v) is 10.3. The molecular formula is C59H40N2. The van der Waals surface area contributed by atoms with Gasteiger partial charge in [0.25, 0.3) is 0 Å². The molecule has 61 heavy (non-hydrogen) atoms. The Labute approximate surface area is 356 Å². The smallest absolute Gasteiger partial charge is 0.0727 e. The van der Waals surface area contributed by atoms with Crippen LogP contribution in [0, 0.1) is 0 Å². The Kier molecular flexibility index (Phi) is 8.11. The maximum atomic E-state index is 2.50. The van der Waals surface area contributed by atoms with Gasteiger partial charge in [-0.15, -0.1) is 0 Å². The van der Waals surface area contributed by atoms with Crippen molar-refractivity contribution in [3.63, 3.8) is 0 Å². The van der Waals surface area contributed by atoms with Crippen molar-refractivity contribution in [3.8, 4) is 33.4 Å². The highest BCUT2D eigenvalue weighted by Crippen LogP contribution is 2.64. The zero-order chi connectivity index (χ0) is 40.3. The van der Waals surface area contributed by atoms with Gasteiger partial charge in [-0.25, -0.2) is 0 Å². The Morgan fingerprint density at radius 1 is 0.246 bits per heavy atom. The fraction of sp³-hybridized carbons (Fsp3) is 0.0169. The molecule has 0 radical (unpaired) electrons. The van der Waals surface area contributed by atoms with Gasteiger partial charge >= 0.3 is 0 Å². The second-order valence-corrected chi connectivity index (χ2v) is 16.1. The zero-order valence-corrected chi connectivity index (χ0v) is 33.5. The summed E-state index contributed by atoms with van der Waals surface area (Å²) in [6.45, 7) is 0. The fourth-order valence-electron chi connectivity index (χ4n) is 10.3. The van der Waals surface area contributed by atoms with Crippen LogP contribution in [0.2, 0.25) is 0 Å². The van der Waals surface area contributed by atoms with E-state index in [1.54, 1.807) is 0 Å². The molecule has 0 amide bonds. The summed E-state index contributed by atoms with van der Waals surface area (Å²) < 4.78 is 0. The molecule has 0 bridgehead atoms. The molecule has 12 rings (SSSR count). The first-order valence-electron chi connectivity index (χ1n) is 21.1. The minimum atomic E-state index is -0.559. The van der Waals surface area contributed by atoms with Crippen molar-refractivity contribution >= 4 is 44.9 Å². The molecule has 1 spiro atoms. The molecule has 2 nitrogen and oxygen atoms in total. The molecule has 2 heteroatoms. The van der Waals surface area contributed by atoms with E-state index in [-0.39, 0.29) is 0 Å². The molecule has 0 aromatic heterocycles. The number of hydrogen-bond donors (Lipinski definition) is 0. The quantitative estimate of drug-likeness (QED) is 0.159.